The molecule has 0 radical (unpaired) electrons. The normalized spacial score (nSPS) is 13.9. The van der Waals surface area contributed by atoms with Crippen molar-refractivity contribution in [2.24, 2.45) is 0 Å². The molecule has 0 amide bonds. The summed E-state index contributed by atoms with van der Waals surface area (Å²) < 4.78 is 0. The summed E-state index contributed by atoms with van der Waals surface area (Å²) in [6, 6.07) is 15.4. The number of hydrogen-bond donors (Lipinski definition) is 0. The lowest BCUT2D eigenvalue weighted by atomic mass is 9.78. The third-order valence-electron chi connectivity index (χ3n) is 3.35. The van der Waals surface area contributed by atoms with E-state index in [2.05, 4.69) is 0 Å². The highest BCUT2D eigenvalue weighted by atomic mass is 16.4. The fourth-order valence-corrected chi connectivity index (χ4v) is 2.58. The highest BCUT2D eigenvalue weighted by Crippen LogP contribution is 2.35. The fourth-order valence-electron chi connectivity index (χ4n) is 2.58. The highest BCUT2D eigenvalue weighted by Gasteiger charge is 2.25. The van der Waals surface area contributed by atoms with E-state index in [0.717, 1.165) is 28.7 Å². The van der Waals surface area contributed by atoms with Crippen molar-refractivity contribution < 1.29 is 9.90 Å². The molecule has 0 spiro atoms. The molecular weight excluding hydrogens is 212 g/mol. The Hall–Kier alpha value is -2.09. The van der Waals surface area contributed by atoms with Crippen LogP contribution in [0.15, 0.2) is 48.5 Å². The van der Waals surface area contributed by atoms with E-state index < -0.39 is 11.9 Å². The van der Waals surface area contributed by atoms with Crippen molar-refractivity contribution in [3.63, 3.8) is 0 Å². The van der Waals surface area contributed by atoms with Gasteiger partial charge in [0.25, 0.3) is 0 Å². The molecule has 0 aliphatic heterocycles. The minimum atomic E-state index is -1.02. The average molecular weight is 223 g/mol. The second-order valence-electron chi connectivity index (χ2n) is 4.33. The van der Waals surface area contributed by atoms with Crippen LogP contribution < -0.4 is 5.11 Å². The van der Waals surface area contributed by atoms with Crippen molar-refractivity contribution in [2.75, 3.05) is 0 Å². The van der Waals surface area contributed by atoms with E-state index in [4.69, 9.17) is 0 Å². The zero-order valence-electron chi connectivity index (χ0n) is 9.22. The van der Waals surface area contributed by atoms with Crippen LogP contribution in [-0.4, -0.2) is 5.97 Å². The van der Waals surface area contributed by atoms with Crippen molar-refractivity contribution in [3.8, 4) is 0 Å². The average Bonchev–Trinajstić information content (AvgIpc) is 2.35. The summed E-state index contributed by atoms with van der Waals surface area (Å²) in [5.41, 5.74) is 3.90. The molecule has 0 fully saturated rings. The van der Waals surface area contributed by atoms with Crippen LogP contribution in [0.5, 0.6) is 0 Å². The lowest BCUT2D eigenvalue weighted by Gasteiger charge is -2.29. The van der Waals surface area contributed by atoms with E-state index in [-0.39, 0.29) is 0 Å². The number of benzene rings is 2. The summed E-state index contributed by atoms with van der Waals surface area (Å²) in [5, 5.41) is 11.4. The van der Waals surface area contributed by atoms with Gasteiger partial charge in [0.15, 0.2) is 0 Å². The minimum Gasteiger partial charge on any atom is -0.549 e. The number of carbonyl (C=O) groups excluding carboxylic acids is 1. The quantitative estimate of drug-likeness (QED) is 0.734. The van der Waals surface area contributed by atoms with Crippen molar-refractivity contribution in [3.05, 3.63) is 70.8 Å². The number of hydrogen-bond acceptors (Lipinski definition) is 2. The van der Waals surface area contributed by atoms with Gasteiger partial charge in [-0.3, -0.25) is 0 Å². The topological polar surface area (TPSA) is 40.1 Å². The first-order chi connectivity index (χ1) is 8.27. The SMILES string of the molecule is O=C([O-])C1c2ccccc2Cc2ccccc21. The summed E-state index contributed by atoms with van der Waals surface area (Å²) in [4.78, 5) is 11.4. The molecule has 0 N–H and O–H groups in total. The van der Waals surface area contributed by atoms with E-state index in [9.17, 15) is 9.90 Å². The zero-order chi connectivity index (χ0) is 11.8. The first kappa shape index (κ1) is 10.1. The third-order valence-corrected chi connectivity index (χ3v) is 3.35. The van der Waals surface area contributed by atoms with Gasteiger partial charge in [0, 0.05) is 5.92 Å². The van der Waals surface area contributed by atoms with Crippen LogP contribution in [0.2, 0.25) is 0 Å². The smallest absolute Gasteiger partial charge is 0.0533 e. The Morgan fingerprint density at radius 1 is 0.941 bits per heavy atom. The van der Waals surface area contributed by atoms with E-state index in [0.29, 0.717) is 0 Å². The first-order valence-electron chi connectivity index (χ1n) is 5.64. The van der Waals surface area contributed by atoms with Gasteiger partial charge in [-0.15, -0.1) is 0 Å². The van der Waals surface area contributed by atoms with Crippen molar-refractivity contribution in [1.82, 2.24) is 0 Å². The second kappa shape index (κ2) is 3.74. The monoisotopic (exact) mass is 223 g/mol. The molecule has 0 unspecified atom stereocenters. The van der Waals surface area contributed by atoms with Crippen LogP contribution in [0.3, 0.4) is 0 Å². The van der Waals surface area contributed by atoms with Gasteiger partial charge in [0.1, 0.15) is 0 Å². The van der Waals surface area contributed by atoms with Gasteiger partial charge < -0.3 is 9.90 Å². The molecule has 1 aliphatic rings. The Morgan fingerprint density at radius 3 is 1.88 bits per heavy atom. The number of carboxylic acid groups (broad SMARTS) is 1. The standard InChI is InChI=1S/C15H12O2/c16-15(17)14-12-7-3-1-5-10(12)9-11-6-2-4-8-13(11)14/h1-8,14H,9H2,(H,16,17)/p-1. The van der Waals surface area contributed by atoms with Gasteiger partial charge in [-0.05, 0) is 28.7 Å². The summed E-state index contributed by atoms with van der Waals surface area (Å²) in [6.45, 7) is 0. The Bertz CT molecular complexity index is 541. The van der Waals surface area contributed by atoms with Crippen molar-refractivity contribution >= 4 is 5.97 Å². The van der Waals surface area contributed by atoms with Crippen LogP contribution in [-0.2, 0) is 11.2 Å². The summed E-state index contributed by atoms with van der Waals surface area (Å²) in [7, 11) is 0. The molecule has 0 atom stereocenters. The van der Waals surface area contributed by atoms with Gasteiger partial charge >= 0.3 is 0 Å². The molecule has 2 aromatic carbocycles. The maximum Gasteiger partial charge on any atom is 0.0533 e. The van der Waals surface area contributed by atoms with Crippen LogP contribution in [0.25, 0.3) is 0 Å². The molecular formula is C15H11O2-. The highest BCUT2D eigenvalue weighted by molar-refractivity contribution is 5.81. The Morgan fingerprint density at radius 2 is 1.41 bits per heavy atom. The fraction of sp³-hybridized carbons (Fsp3) is 0.133. The van der Waals surface area contributed by atoms with Gasteiger partial charge in [-0.25, -0.2) is 0 Å². The molecule has 2 aromatic rings. The zero-order valence-corrected chi connectivity index (χ0v) is 9.22. The van der Waals surface area contributed by atoms with Crippen LogP contribution in [0, 0.1) is 0 Å². The van der Waals surface area contributed by atoms with Gasteiger partial charge in [0.05, 0.1) is 5.97 Å². The first-order valence-corrected chi connectivity index (χ1v) is 5.64. The second-order valence-corrected chi connectivity index (χ2v) is 4.33. The molecule has 84 valence electrons. The molecule has 1 aliphatic carbocycles. The molecule has 0 saturated carbocycles. The number of fused-ring (bicyclic) bond motifs is 2. The van der Waals surface area contributed by atoms with E-state index in [1.165, 1.54) is 0 Å². The van der Waals surface area contributed by atoms with Crippen LogP contribution >= 0.6 is 0 Å². The number of rotatable bonds is 1. The largest absolute Gasteiger partial charge is 0.549 e. The van der Waals surface area contributed by atoms with E-state index in [1.807, 2.05) is 48.5 Å². The summed E-state index contributed by atoms with van der Waals surface area (Å²) in [6.07, 6.45) is 0.802. The lowest BCUT2D eigenvalue weighted by molar-refractivity contribution is -0.306. The Kier molecular flexibility index (Phi) is 2.22. The van der Waals surface area contributed by atoms with Crippen LogP contribution in [0.4, 0.5) is 0 Å². The minimum absolute atomic E-state index is 0.629. The molecule has 0 bridgehead atoms. The van der Waals surface area contributed by atoms with Gasteiger partial charge in [-0.2, -0.15) is 0 Å². The summed E-state index contributed by atoms with van der Waals surface area (Å²) in [5.74, 6) is -1.65. The predicted octanol–water partition coefficient (Wildman–Crippen LogP) is 1.47. The molecule has 0 aromatic heterocycles. The van der Waals surface area contributed by atoms with Gasteiger partial charge in [-0.1, -0.05) is 48.5 Å². The molecule has 3 rings (SSSR count). The lowest BCUT2D eigenvalue weighted by Crippen LogP contribution is -2.33. The number of carbonyl (C=O) groups is 1. The van der Waals surface area contributed by atoms with Crippen molar-refractivity contribution in [2.45, 2.75) is 12.3 Å². The molecule has 0 heterocycles. The molecule has 0 saturated heterocycles. The maximum atomic E-state index is 11.4. The Balaban J connectivity index is 2.24. The molecule has 2 nitrogen and oxygen atoms in total. The van der Waals surface area contributed by atoms with Crippen molar-refractivity contribution in [1.29, 1.82) is 0 Å². The molecule has 17 heavy (non-hydrogen) atoms. The number of aliphatic carboxylic acids is 1. The van der Waals surface area contributed by atoms with Gasteiger partial charge in [0.2, 0.25) is 0 Å². The summed E-state index contributed by atoms with van der Waals surface area (Å²) >= 11 is 0. The predicted molar refractivity (Wildman–Crippen MR) is 62.5 cm³/mol. The maximum absolute atomic E-state index is 11.4. The molecule has 2 heteroatoms. The van der Waals surface area contributed by atoms with E-state index in [1.54, 1.807) is 0 Å². The third kappa shape index (κ3) is 1.53. The van der Waals surface area contributed by atoms with Crippen LogP contribution in [0.1, 0.15) is 28.2 Å². The number of carboxylic acids is 1. The van der Waals surface area contributed by atoms with E-state index >= 15 is 0 Å². The Labute approximate surface area is 99.5 Å².